The number of hydrogen-bond acceptors (Lipinski definition) is 3. The van der Waals surface area contributed by atoms with Crippen molar-refractivity contribution in [2.75, 3.05) is 18.4 Å². The van der Waals surface area contributed by atoms with E-state index in [1.807, 2.05) is 12.1 Å². The lowest BCUT2D eigenvalue weighted by Gasteiger charge is -2.20. The Kier molecular flexibility index (Phi) is 7.36. The predicted octanol–water partition coefficient (Wildman–Crippen LogP) is 4.73. The van der Waals surface area contributed by atoms with Gasteiger partial charge in [0.25, 0.3) is 5.91 Å². The number of nitrogens with one attached hydrogen (secondary N) is 2. The van der Waals surface area contributed by atoms with Crippen LogP contribution >= 0.6 is 0 Å². The molecular formula is C26H33N3O2. The number of carbonyl (C=O) groups excluding carboxylic acids is 2. The zero-order chi connectivity index (χ0) is 21.5. The number of nitrogens with zero attached hydrogens (tertiary/aromatic N) is 1. The number of anilines is 1. The highest BCUT2D eigenvalue weighted by atomic mass is 16.2. The van der Waals surface area contributed by atoms with Gasteiger partial charge in [-0.25, -0.2) is 0 Å². The van der Waals surface area contributed by atoms with Crippen LogP contribution in [0.2, 0.25) is 0 Å². The van der Waals surface area contributed by atoms with Crippen LogP contribution in [0.3, 0.4) is 0 Å². The van der Waals surface area contributed by atoms with E-state index in [1.165, 1.54) is 37.9 Å². The zero-order valence-electron chi connectivity index (χ0n) is 18.2. The first-order valence-corrected chi connectivity index (χ1v) is 11.7. The molecular weight excluding hydrogens is 386 g/mol. The summed E-state index contributed by atoms with van der Waals surface area (Å²) in [4.78, 5) is 27.6. The van der Waals surface area contributed by atoms with Gasteiger partial charge in [-0.3, -0.25) is 14.5 Å². The summed E-state index contributed by atoms with van der Waals surface area (Å²) in [7, 11) is 0. The minimum atomic E-state index is -0.130. The first-order chi connectivity index (χ1) is 15.2. The van der Waals surface area contributed by atoms with Crippen LogP contribution in [0.25, 0.3) is 0 Å². The second kappa shape index (κ2) is 10.6. The van der Waals surface area contributed by atoms with E-state index in [9.17, 15) is 9.59 Å². The molecule has 0 atom stereocenters. The molecule has 4 rings (SSSR count). The quantitative estimate of drug-likeness (QED) is 0.682. The predicted molar refractivity (Wildman–Crippen MR) is 124 cm³/mol. The van der Waals surface area contributed by atoms with Gasteiger partial charge in [0.1, 0.15) is 0 Å². The minimum Gasteiger partial charge on any atom is -0.348 e. The summed E-state index contributed by atoms with van der Waals surface area (Å²) in [5.74, 6) is 0.0425. The standard InChI is InChI=1S/C26H33N3O2/c30-25(27-18-20-11-13-21(14-12-20)19-29-15-4-5-16-29)23-9-6-10-24(17-23)28-26(31)22-7-2-1-3-8-22/h6,9-14,17,22H,1-5,7-8,15-16,18-19H2,(H,27,30)(H,28,31). The van der Waals surface area contributed by atoms with Gasteiger partial charge >= 0.3 is 0 Å². The molecule has 1 saturated heterocycles. The number of rotatable bonds is 7. The van der Waals surface area contributed by atoms with Crippen LogP contribution in [-0.2, 0) is 17.9 Å². The fourth-order valence-corrected chi connectivity index (χ4v) is 4.59. The normalized spacial score (nSPS) is 17.4. The number of amides is 2. The van der Waals surface area contributed by atoms with Gasteiger partial charge in [0, 0.05) is 30.3 Å². The molecule has 5 nitrogen and oxygen atoms in total. The van der Waals surface area contributed by atoms with Crippen molar-refractivity contribution in [3.63, 3.8) is 0 Å². The Bertz CT molecular complexity index is 882. The van der Waals surface area contributed by atoms with Crippen molar-refractivity contribution in [1.82, 2.24) is 10.2 Å². The number of carbonyl (C=O) groups is 2. The van der Waals surface area contributed by atoms with E-state index in [0.29, 0.717) is 17.8 Å². The maximum atomic E-state index is 12.6. The monoisotopic (exact) mass is 419 g/mol. The molecule has 2 aromatic carbocycles. The third-order valence-electron chi connectivity index (χ3n) is 6.45. The van der Waals surface area contributed by atoms with Crippen molar-refractivity contribution >= 4 is 17.5 Å². The molecule has 2 amide bonds. The van der Waals surface area contributed by atoms with E-state index in [0.717, 1.165) is 37.8 Å². The average Bonchev–Trinajstić information content (AvgIpc) is 3.32. The van der Waals surface area contributed by atoms with Gasteiger partial charge in [0.15, 0.2) is 0 Å². The maximum absolute atomic E-state index is 12.6. The Morgan fingerprint density at radius 1 is 0.871 bits per heavy atom. The van der Waals surface area contributed by atoms with Crippen LogP contribution < -0.4 is 10.6 Å². The first kappa shape index (κ1) is 21.6. The Morgan fingerprint density at radius 2 is 1.58 bits per heavy atom. The van der Waals surface area contributed by atoms with Crippen molar-refractivity contribution in [1.29, 1.82) is 0 Å². The molecule has 1 heterocycles. The highest BCUT2D eigenvalue weighted by molar-refractivity contribution is 5.97. The topological polar surface area (TPSA) is 61.4 Å². The van der Waals surface area contributed by atoms with Crippen molar-refractivity contribution in [3.8, 4) is 0 Å². The van der Waals surface area contributed by atoms with Gasteiger partial charge < -0.3 is 10.6 Å². The second-order valence-corrected chi connectivity index (χ2v) is 8.89. The lowest BCUT2D eigenvalue weighted by molar-refractivity contribution is -0.120. The molecule has 0 bridgehead atoms. The van der Waals surface area contributed by atoms with Crippen molar-refractivity contribution in [2.24, 2.45) is 5.92 Å². The zero-order valence-corrected chi connectivity index (χ0v) is 18.2. The summed E-state index contributed by atoms with van der Waals surface area (Å²) < 4.78 is 0. The molecule has 0 aromatic heterocycles. The SMILES string of the molecule is O=C(NCc1ccc(CN2CCCC2)cc1)c1cccc(NC(=O)C2CCCCC2)c1. The Balaban J connectivity index is 1.28. The summed E-state index contributed by atoms with van der Waals surface area (Å²) in [5, 5.41) is 5.98. The molecule has 0 radical (unpaired) electrons. The molecule has 0 unspecified atom stereocenters. The Hall–Kier alpha value is -2.66. The molecule has 2 aromatic rings. The van der Waals surface area contributed by atoms with E-state index in [4.69, 9.17) is 0 Å². The van der Waals surface area contributed by atoms with Crippen molar-refractivity contribution in [3.05, 3.63) is 65.2 Å². The summed E-state index contributed by atoms with van der Waals surface area (Å²) in [5.41, 5.74) is 3.65. The summed E-state index contributed by atoms with van der Waals surface area (Å²) in [6.07, 6.45) is 8.00. The fraction of sp³-hybridized carbons (Fsp3) is 0.462. The molecule has 164 valence electrons. The molecule has 0 spiro atoms. The fourth-order valence-electron chi connectivity index (χ4n) is 4.59. The number of benzene rings is 2. The van der Waals surface area contributed by atoms with Gasteiger partial charge in [0.05, 0.1) is 0 Å². The summed E-state index contributed by atoms with van der Waals surface area (Å²) >= 11 is 0. The summed E-state index contributed by atoms with van der Waals surface area (Å²) in [6, 6.07) is 15.7. The lowest BCUT2D eigenvalue weighted by Crippen LogP contribution is -2.25. The van der Waals surface area contributed by atoms with E-state index in [2.05, 4.69) is 39.8 Å². The molecule has 1 aliphatic heterocycles. The van der Waals surface area contributed by atoms with Crippen molar-refractivity contribution < 1.29 is 9.59 Å². The third-order valence-corrected chi connectivity index (χ3v) is 6.45. The molecule has 1 aliphatic carbocycles. The van der Waals surface area contributed by atoms with Crippen LogP contribution in [0.5, 0.6) is 0 Å². The molecule has 31 heavy (non-hydrogen) atoms. The highest BCUT2D eigenvalue weighted by Gasteiger charge is 2.21. The van der Waals surface area contributed by atoms with Gasteiger partial charge in [-0.2, -0.15) is 0 Å². The van der Waals surface area contributed by atoms with Gasteiger partial charge in [-0.05, 0) is 68.1 Å². The first-order valence-electron chi connectivity index (χ1n) is 11.7. The van der Waals surface area contributed by atoms with Crippen LogP contribution in [-0.4, -0.2) is 29.8 Å². The molecule has 1 saturated carbocycles. The van der Waals surface area contributed by atoms with E-state index < -0.39 is 0 Å². The Labute approximate surface area is 185 Å². The van der Waals surface area contributed by atoms with Gasteiger partial charge in [0.2, 0.25) is 5.91 Å². The van der Waals surface area contributed by atoms with Crippen molar-refractivity contribution in [2.45, 2.75) is 58.0 Å². The van der Waals surface area contributed by atoms with Crippen LogP contribution in [0.1, 0.15) is 66.4 Å². The highest BCUT2D eigenvalue weighted by Crippen LogP contribution is 2.25. The average molecular weight is 420 g/mol. The molecule has 2 fully saturated rings. The molecule has 2 aliphatic rings. The maximum Gasteiger partial charge on any atom is 0.251 e. The second-order valence-electron chi connectivity index (χ2n) is 8.89. The van der Waals surface area contributed by atoms with Crippen LogP contribution in [0.4, 0.5) is 5.69 Å². The third kappa shape index (κ3) is 6.17. The number of likely N-dealkylation sites (tertiary alicyclic amines) is 1. The Morgan fingerprint density at radius 3 is 2.32 bits per heavy atom. The van der Waals surface area contributed by atoms with E-state index in [-0.39, 0.29) is 17.7 Å². The molecule has 2 N–H and O–H groups in total. The van der Waals surface area contributed by atoms with E-state index in [1.54, 1.807) is 12.1 Å². The van der Waals surface area contributed by atoms with Crippen LogP contribution in [0.15, 0.2) is 48.5 Å². The lowest BCUT2D eigenvalue weighted by atomic mass is 9.88. The smallest absolute Gasteiger partial charge is 0.251 e. The summed E-state index contributed by atoms with van der Waals surface area (Å²) in [6.45, 7) is 3.88. The minimum absolute atomic E-state index is 0.0753. The number of hydrogen-bond donors (Lipinski definition) is 2. The van der Waals surface area contributed by atoms with E-state index >= 15 is 0 Å². The van der Waals surface area contributed by atoms with Gasteiger partial charge in [-0.15, -0.1) is 0 Å². The van der Waals surface area contributed by atoms with Gasteiger partial charge in [-0.1, -0.05) is 49.6 Å². The van der Waals surface area contributed by atoms with Crippen LogP contribution in [0, 0.1) is 5.92 Å². The molecule has 5 heteroatoms. The largest absolute Gasteiger partial charge is 0.348 e.